The van der Waals surface area contributed by atoms with E-state index >= 15 is 0 Å². The summed E-state index contributed by atoms with van der Waals surface area (Å²) in [6.07, 6.45) is 1.87. The number of likely N-dealkylation sites (N-methyl/N-ethyl adjacent to an activating group) is 2. The third-order valence-electron chi connectivity index (χ3n) is 2.97. The molecule has 0 spiro atoms. The van der Waals surface area contributed by atoms with Gasteiger partial charge in [-0.2, -0.15) is 0 Å². The molecule has 2 aromatic rings. The highest BCUT2D eigenvalue weighted by atomic mass is 79.9. The predicted octanol–water partition coefficient (Wildman–Crippen LogP) is 3.04. The summed E-state index contributed by atoms with van der Waals surface area (Å²) < 4.78 is 1.11. The fourth-order valence-electron chi connectivity index (χ4n) is 1.99. The van der Waals surface area contributed by atoms with E-state index in [9.17, 15) is 0 Å². The minimum absolute atomic E-state index is 0.951. The Morgan fingerprint density at radius 2 is 2.11 bits per heavy atom. The number of halogens is 1. The first-order valence-corrected chi connectivity index (χ1v) is 6.98. The molecule has 1 N–H and O–H groups in total. The minimum atomic E-state index is 0.951. The Morgan fingerprint density at radius 3 is 2.89 bits per heavy atom. The average Bonchev–Trinajstić information content (AvgIpc) is 2.39. The summed E-state index contributed by atoms with van der Waals surface area (Å²) in [6.45, 7) is 5.04. The van der Waals surface area contributed by atoms with Crippen molar-refractivity contribution in [1.29, 1.82) is 0 Å². The standard InChI is InChI=1S/C14H18BrN3/c1-3-16-9-10-18(2)14-12-5-4-6-13(15)11(12)7-8-17-14/h4-8,16H,3,9-10H2,1-2H3. The molecule has 0 amide bonds. The predicted molar refractivity (Wildman–Crippen MR) is 81.3 cm³/mol. The zero-order valence-corrected chi connectivity index (χ0v) is 12.4. The van der Waals surface area contributed by atoms with Gasteiger partial charge in [0, 0.05) is 41.6 Å². The third-order valence-corrected chi connectivity index (χ3v) is 3.66. The normalized spacial score (nSPS) is 10.8. The van der Waals surface area contributed by atoms with Gasteiger partial charge in [0.2, 0.25) is 0 Å². The number of nitrogens with zero attached hydrogens (tertiary/aromatic N) is 2. The van der Waals surface area contributed by atoms with Gasteiger partial charge in [-0.15, -0.1) is 0 Å². The summed E-state index contributed by atoms with van der Waals surface area (Å²) in [5.41, 5.74) is 0. The second-order valence-corrected chi connectivity index (χ2v) is 5.10. The number of anilines is 1. The fraction of sp³-hybridized carbons (Fsp3) is 0.357. The number of hydrogen-bond donors (Lipinski definition) is 1. The molecule has 4 heteroatoms. The maximum Gasteiger partial charge on any atom is 0.136 e. The molecule has 0 saturated heterocycles. The van der Waals surface area contributed by atoms with Gasteiger partial charge in [0.25, 0.3) is 0 Å². The Balaban J connectivity index is 2.30. The van der Waals surface area contributed by atoms with Gasteiger partial charge >= 0.3 is 0 Å². The van der Waals surface area contributed by atoms with Crippen molar-refractivity contribution in [1.82, 2.24) is 10.3 Å². The number of nitrogens with one attached hydrogen (secondary N) is 1. The minimum Gasteiger partial charge on any atom is -0.358 e. The highest BCUT2D eigenvalue weighted by Gasteiger charge is 2.08. The Kier molecular flexibility index (Phi) is 4.55. The second-order valence-electron chi connectivity index (χ2n) is 4.24. The number of fused-ring (bicyclic) bond motifs is 1. The molecule has 0 saturated carbocycles. The SMILES string of the molecule is CCNCCN(C)c1nccc2c(Br)cccc12. The fourth-order valence-corrected chi connectivity index (χ4v) is 2.49. The van der Waals surface area contributed by atoms with Crippen LogP contribution in [0.1, 0.15) is 6.92 Å². The van der Waals surface area contributed by atoms with Crippen LogP contribution in [0.25, 0.3) is 10.8 Å². The summed E-state index contributed by atoms with van der Waals surface area (Å²) in [5.74, 6) is 1.03. The summed E-state index contributed by atoms with van der Waals surface area (Å²) >= 11 is 3.59. The topological polar surface area (TPSA) is 28.2 Å². The lowest BCUT2D eigenvalue weighted by Crippen LogP contribution is -2.29. The van der Waals surface area contributed by atoms with Gasteiger partial charge in [0.15, 0.2) is 0 Å². The molecule has 0 aliphatic rings. The number of rotatable bonds is 5. The Morgan fingerprint density at radius 1 is 1.28 bits per heavy atom. The van der Waals surface area contributed by atoms with E-state index in [-0.39, 0.29) is 0 Å². The molecule has 3 nitrogen and oxygen atoms in total. The lowest BCUT2D eigenvalue weighted by molar-refractivity contribution is 0.704. The molecule has 0 atom stereocenters. The van der Waals surface area contributed by atoms with E-state index in [1.807, 2.05) is 12.3 Å². The van der Waals surface area contributed by atoms with Crippen molar-refractivity contribution in [3.8, 4) is 0 Å². The van der Waals surface area contributed by atoms with Crippen LogP contribution in [0, 0.1) is 0 Å². The van der Waals surface area contributed by atoms with Crippen molar-refractivity contribution in [3.05, 3.63) is 34.9 Å². The quantitative estimate of drug-likeness (QED) is 0.861. The first-order valence-electron chi connectivity index (χ1n) is 6.19. The van der Waals surface area contributed by atoms with Crippen molar-refractivity contribution >= 4 is 32.5 Å². The van der Waals surface area contributed by atoms with Gasteiger partial charge in [-0.05, 0) is 18.7 Å². The van der Waals surface area contributed by atoms with Crippen LogP contribution in [0.2, 0.25) is 0 Å². The maximum atomic E-state index is 4.50. The molecular formula is C14H18BrN3. The largest absolute Gasteiger partial charge is 0.358 e. The number of aromatic nitrogens is 1. The molecule has 1 aromatic heterocycles. The van der Waals surface area contributed by atoms with Gasteiger partial charge < -0.3 is 10.2 Å². The van der Waals surface area contributed by atoms with Crippen LogP contribution in [-0.2, 0) is 0 Å². The van der Waals surface area contributed by atoms with Gasteiger partial charge in [0.05, 0.1) is 0 Å². The Labute approximate surface area is 116 Å². The molecule has 2 rings (SSSR count). The monoisotopic (exact) mass is 307 g/mol. The molecule has 18 heavy (non-hydrogen) atoms. The van der Waals surface area contributed by atoms with Gasteiger partial charge in [-0.25, -0.2) is 4.98 Å². The summed E-state index contributed by atoms with van der Waals surface area (Å²) in [4.78, 5) is 6.70. The van der Waals surface area contributed by atoms with Crippen LogP contribution < -0.4 is 10.2 Å². The van der Waals surface area contributed by atoms with Crippen LogP contribution in [-0.4, -0.2) is 31.7 Å². The highest BCUT2D eigenvalue weighted by molar-refractivity contribution is 9.10. The van der Waals surface area contributed by atoms with Crippen LogP contribution >= 0.6 is 15.9 Å². The second kappa shape index (κ2) is 6.16. The van der Waals surface area contributed by atoms with Crippen molar-refractivity contribution in [2.24, 2.45) is 0 Å². The molecule has 96 valence electrons. The number of benzene rings is 1. The smallest absolute Gasteiger partial charge is 0.136 e. The number of hydrogen-bond acceptors (Lipinski definition) is 3. The van der Waals surface area contributed by atoms with Crippen LogP contribution in [0.3, 0.4) is 0 Å². The summed E-state index contributed by atoms with van der Waals surface area (Å²) in [5, 5.41) is 5.72. The average molecular weight is 308 g/mol. The van der Waals surface area contributed by atoms with Crippen molar-refractivity contribution < 1.29 is 0 Å². The van der Waals surface area contributed by atoms with E-state index in [2.05, 4.69) is 63.3 Å². The maximum absolute atomic E-state index is 4.50. The molecule has 0 fully saturated rings. The lowest BCUT2D eigenvalue weighted by atomic mass is 10.1. The van der Waals surface area contributed by atoms with Crippen LogP contribution in [0.5, 0.6) is 0 Å². The molecule has 1 aromatic carbocycles. The first kappa shape index (κ1) is 13.3. The van der Waals surface area contributed by atoms with E-state index in [0.29, 0.717) is 0 Å². The van der Waals surface area contributed by atoms with Crippen LogP contribution in [0.4, 0.5) is 5.82 Å². The molecule has 0 radical (unpaired) electrons. The highest BCUT2D eigenvalue weighted by Crippen LogP contribution is 2.28. The Hall–Kier alpha value is -1.13. The van der Waals surface area contributed by atoms with Crippen molar-refractivity contribution in [3.63, 3.8) is 0 Å². The summed E-state index contributed by atoms with van der Waals surface area (Å²) in [6, 6.07) is 8.27. The van der Waals surface area contributed by atoms with Gasteiger partial charge in [-0.1, -0.05) is 35.0 Å². The molecule has 0 aliphatic heterocycles. The van der Waals surface area contributed by atoms with Crippen molar-refractivity contribution in [2.75, 3.05) is 31.6 Å². The number of pyridine rings is 1. The van der Waals surface area contributed by atoms with Crippen LogP contribution in [0.15, 0.2) is 34.9 Å². The zero-order chi connectivity index (χ0) is 13.0. The molecule has 1 heterocycles. The van der Waals surface area contributed by atoms with Gasteiger partial charge in [0.1, 0.15) is 5.82 Å². The van der Waals surface area contributed by atoms with E-state index in [0.717, 1.165) is 29.9 Å². The van der Waals surface area contributed by atoms with Gasteiger partial charge in [-0.3, -0.25) is 0 Å². The van der Waals surface area contributed by atoms with E-state index < -0.39 is 0 Å². The third kappa shape index (κ3) is 2.82. The van der Waals surface area contributed by atoms with E-state index in [4.69, 9.17) is 0 Å². The molecular weight excluding hydrogens is 290 g/mol. The van der Waals surface area contributed by atoms with E-state index in [1.165, 1.54) is 10.8 Å². The molecule has 0 unspecified atom stereocenters. The molecule has 0 bridgehead atoms. The molecule has 0 aliphatic carbocycles. The Bertz CT molecular complexity index is 527. The van der Waals surface area contributed by atoms with Crippen molar-refractivity contribution in [2.45, 2.75) is 6.92 Å². The zero-order valence-electron chi connectivity index (χ0n) is 10.8. The first-order chi connectivity index (χ1) is 8.74. The van der Waals surface area contributed by atoms with E-state index in [1.54, 1.807) is 0 Å². The lowest BCUT2D eigenvalue weighted by Gasteiger charge is -2.20. The summed E-state index contributed by atoms with van der Waals surface area (Å²) in [7, 11) is 2.08.